The van der Waals surface area contributed by atoms with Crippen molar-refractivity contribution in [1.82, 2.24) is 28.7 Å². The predicted octanol–water partition coefficient (Wildman–Crippen LogP) is 8.06. The molecule has 0 unspecified atom stereocenters. The van der Waals surface area contributed by atoms with Crippen LogP contribution in [0.5, 0.6) is 0 Å². The number of imidazole rings is 1. The molecule has 8 nitrogen and oxygen atoms in total. The zero-order valence-electron chi connectivity index (χ0n) is 24.5. The maximum Gasteiger partial charge on any atom is 0.235 e. The van der Waals surface area contributed by atoms with Gasteiger partial charge in [0.15, 0.2) is 11.3 Å². The zero-order chi connectivity index (χ0) is 30.9. The third-order valence-corrected chi connectivity index (χ3v) is 8.71. The van der Waals surface area contributed by atoms with Gasteiger partial charge in [-0.15, -0.1) is 0 Å². The van der Waals surface area contributed by atoms with Crippen molar-refractivity contribution in [3.63, 3.8) is 0 Å². The molecule has 4 heterocycles. The van der Waals surface area contributed by atoms with Crippen LogP contribution in [0.2, 0.25) is 0 Å². The van der Waals surface area contributed by atoms with E-state index in [9.17, 15) is 10.5 Å². The highest BCUT2D eigenvalue weighted by Gasteiger charge is 2.20. The number of para-hydroxylation sites is 3. The third-order valence-electron chi connectivity index (χ3n) is 8.71. The lowest BCUT2D eigenvalue weighted by Crippen LogP contribution is -2.02. The summed E-state index contributed by atoms with van der Waals surface area (Å²) in [6.45, 7) is 1.86. The molecular formula is C38H22N8. The van der Waals surface area contributed by atoms with Gasteiger partial charge >= 0.3 is 0 Å². The maximum absolute atomic E-state index is 9.70. The molecule has 0 saturated heterocycles. The van der Waals surface area contributed by atoms with Crippen LogP contribution in [-0.2, 0) is 0 Å². The van der Waals surface area contributed by atoms with Gasteiger partial charge in [-0.2, -0.15) is 15.5 Å². The van der Waals surface area contributed by atoms with Crippen LogP contribution in [0, 0.1) is 29.6 Å². The van der Waals surface area contributed by atoms with Crippen LogP contribution in [0.1, 0.15) is 17.3 Å². The van der Waals surface area contributed by atoms with Crippen molar-refractivity contribution < 1.29 is 0 Å². The molecule has 9 rings (SSSR count). The number of aromatic nitrogens is 6. The maximum atomic E-state index is 9.70. The number of fused-ring (bicyclic) bond motifs is 7. The predicted molar refractivity (Wildman–Crippen MR) is 180 cm³/mol. The van der Waals surface area contributed by atoms with Gasteiger partial charge < -0.3 is 9.13 Å². The third kappa shape index (κ3) is 3.56. The fourth-order valence-electron chi connectivity index (χ4n) is 6.84. The van der Waals surface area contributed by atoms with Crippen LogP contribution in [0.15, 0.2) is 115 Å². The van der Waals surface area contributed by atoms with Gasteiger partial charge in [0.2, 0.25) is 5.82 Å². The summed E-state index contributed by atoms with van der Waals surface area (Å²) in [7, 11) is 0. The normalized spacial score (nSPS) is 11.5. The molecule has 8 heteroatoms. The van der Waals surface area contributed by atoms with E-state index in [0.29, 0.717) is 17.0 Å². The largest absolute Gasteiger partial charge is 0.309 e. The molecule has 0 atom stereocenters. The van der Waals surface area contributed by atoms with Gasteiger partial charge in [0.25, 0.3) is 0 Å². The van der Waals surface area contributed by atoms with Crippen molar-refractivity contribution in [2.45, 2.75) is 6.92 Å². The smallest absolute Gasteiger partial charge is 0.235 e. The monoisotopic (exact) mass is 590 g/mol. The Morgan fingerprint density at radius 3 is 1.70 bits per heavy atom. The summed E-state index contributed by atoms with van der Waals surface area (Å²) in [5, 5.41) is 23.9. The SMILES string of the molecule is Cc1nc2c(C#N)nc(C#N)nc2n1-c1cccc(-n2c3ccccc3c3cc4c(cc32)c2ccccc2n4-c2ccccc2)c1. The van der Waals surface area contributed by atoms with Crippen LogP contribution in [0.4, 0.5) is 0 Å². The van der Waals surface area contributed by atoms with Crippen LogP contribution >= 0.6 is 0 Å². The highest BCUT2D eigenvalue weighted by atomic mass is 15.2. The quantitative estimate of drug-likeness (QED) is 0.207. The first-order valence-electron chi connectivity index (χ1n) is 14.8. The van der Waals surface area contributed by atoms with Crippen molar-refractivity contribution in [2.24, 2.45) is 0 Å². The molecular weight excluding hydrogens is 568 g/mol. The summed E-state index contributed by atoms with van der Waals surface area (Å²) in [6.07, 6.45) is 0. The minimum Gasteiger partial charge on any atom is -0.309 e. The first-order chi connectivity index (χ1) is 22.6. The van der Waals surface area contributed by atoms with E-state index in [1.54, 1.807) is 0 Å². The van der Waals surface area contributed by atoms with Crippen LogP contribution in [0.25, 0.3) is 71.8 Å². The summed E-state index contributed by atoms with van der Waals surface area (Å²) >= 11 is 0. The number of aryl methyl sites for hydroxylation is 1. The fourth-order valence-corrected chi connectivity index (χ4v) is 6.84. The second-order valence-electron chi connectivity index (χ2n) is 11.2. The average molecular weight is 591 g/mol. The lowest BCUT2D eigenvalue weighted by Gasteiger charge is -2.12. The minimum atomic E-state index is -0.0672. The van der Waals surface area contributed by atoms with Gasteiger partial charge in [0.05, 0.1) is 27.8 Å². The first-order valence-corrected chi connectivity index (χ1v) is 14.8. The van der Waals surface area contributed by atoms with Crippen molar-refractivity contribution >= 4 is 54.8 Å². The Kier molecular flexibility index (Phi) is 5.37. The Morgan fingerprint density at radius 2 is 1.07 bits per heavy atom. The molecule has 214 valence electrons. The van der Waals surface area contributed by atoms with E-state index in [1.807, 2.05) is 35.8 Å². The summed E-state index contributed by atoms with van der Waals surface area (Å²) in [5.74, 6) is 0.577. The van der Waals surface area contributed by atoms with Gasteiger partial charge in [-0.1, -0.05) is 60.7 Å². The van der Waals surface area contributed by atoms with E-state index in [4.69, 9.17) is 0 Å². The van der Waals surface area contributed by atoms with E-state index in [-0.39, 0.29) is 11.5 Å². The van der Waals surface area contributed by atoms with Gasteiger partial charge in [0, 0.05) is 32.9 Å². The average Bonchev–Trinajstić information content (AvgIpc) is 3.73. The topological polar surface area (TPSA) is 101 Å². The van der Waals surface area contributed by atoms with E-state index in [2.05, 4.69) is 127 Å². The Hall–Kier alpha value is -6.77. The number of rotatable bonds is 3. The van der Waals surface area contributed by atoms with E-state index in [0.717, 1.165) is 49.9 Å². The Labute approximate surface area is 262 Å². The lowest BCUT2D eigenvalue weighted by atomic mass is 10.1. The summed E-state index contributed by atoms with van der Waals surface area (Å²) in [5.41, 5.74) is 8.28. The standard InChI is InChI=1S/C38H22N8/c1-23-41-37-31(21-39)42-36(22-40)43-38(37)44(23)25-12-9-13-26(18-25)46-33-17-8-6-15-28(33)30-19-34-29(20-35(30)46)27-14-5-7-16-32(27)45(34)24-10-3-2-4-11-24/h2-20H,1H3. The zero-order valence-corrected chi connectivity index (χ0v) is 24.5. The van der Waals surface area contributed by atoms with Gasteiger partial charge in [-0.25, -0.2) is 9.97 Å². The number of benzene rings is 5. The van der Waals surface area contributed by atoms with Gasteiger partial charge in [-0.05, 0) is 61.5 Å². The number of hydrogen-bond donors (Lipinski definition) is 0. The summed E-state index contributed by atoms with van der Waals surface area (Å²) < 4.78 is 6.52. The van der Waals surface area contributed by atoms with Crippen molar-refractivity contribution in [1.29, 1.82) is 10.5 Å². The molecule has 0 spiro atoms. The van der Waals surface area contributed by atoms with E-state index >= 15 is 0 Å². The number of nitriles is 2. The molecule has 0 aliphatic rings. The Morgan fingerprint density at radius 1 is 0.500 bits per heavy atom. The van der Waals surface area contributed by atoms with Crippen LogP contribution < -0.4 is 0 Å². The van der Waals surface area contributed by atoms with Crippen LogP contribution in [0.3, 0.4) is 0 Å². The number of hydrogen-bond acceptors (Lipinski definition) is 5. The van der Waals surface area contributed by atoms with Crippen molar-refractivity contribution in [2.75, 3.05) is 0 Å². The molecule has 0 fully saturated rings. The van der Waals surface area contributed by atoms with E-state index < -0.39 is 0 Å². The highest BCUT2D eigenvalue weighted by Crippen LogP contribution is 2.39. The molecule has 0 aliphatic heterocycles. The van der Waals surface area contributed by atoms with E-state index in [1.165, 1.54) is 10.8 Å². The highest BCUT2D eigenvalue weighted by molar-refractivity contribution is 6.19. The molecule has 4 aromatic heterocycles. The molecule has 0 bridgehead atoms. The first kappa shape index (κ1) is 25.7. The van der Waals surface area contributed by atoms with Crippen molar-refractivity contribution in [3.8, 4) is 29.2 Å². The second kappa shape index (κ2) is 9.62. The molecule has 0 amide bonds. The summed E-state index contributed by atoms with van der Waals surface area (Å²) in [6, 6.07) is 44.4. The molecule has 0 saturated carbocycles. The molecule has 0 N–H and O–H groups in total. The Bertz CT molecular complexity index is 2790. The molecule has 9 aromatic rings. The molecule has 46 heavy (non-hydrogen) atoms. The molecule has 0 radical (unpaired) electrons. The molecule has 0 aliphatic carbocycles. The van der Waals surface area contributed by atoms with Crippen LogP contribution in [-0.4, -0.2) is 28.7 Å². The van der Waals surface area contributed by atoms with Crippen molar-refractivity contribution in [3.05, 3.63) is 133 Å². The molecule has 5 aromatic carbocycles. The lowest BCUT2D eigenvalue weighted by molar-refractivity contribution is 0.978. The van der Waals surface area contributed by atoms with Gasteiger partial charge in [0.1, 0.15) is 23.5 Å². The second-order valence-corrected chi connectivity index (χ2v) is 11.2. The Balaban J connectivity index is 1.34. The summed E-state index contributed by atoms with van der Waals surface area (Å²) in [4.78, 5) is 13.1. The minimum absolute atomic E-state index is 0.0672. The fraction of sp³-hybridized carbons (Fsp3) is 0.0263. The van der Waals surface area contributed by atoms with Gasteiger partial charge in [-0.3, -0.25) is 4.57 Å². The number of nitrogens with zero attached hydrogens (tertiary/aromatic N) is 8.